The van der Waals surface area contributed by atoms with Gasteiger partial charge >= 0.3 is 0 Å². The Balaban J connectivity index is 2.01. The van der Waals surface area contributed by atoms with Crippen molar-refractivity contribution in [2.75, 3.05) is 17.2 Å². The summed E-state index contributed by atoms with van der Waals surface area (Å²) in [6, 6.07) is 15.1. The molecule has 0 bridgehead atoms. The maximum absolute atomic E-state index is 9.22. The average Bonchev–Trinajstić information content (AvgIpc) is 2.63. The van der Waals surface area contributed by atoms with Crippen LogP contribution in [0.2, 0.25) is 0 Å². The van der Waals surface area contributed by atoms with Crippen molar-refractivity contribution in [3.8, 4) is 17.3 Å². The van der Waals surface area contributed by atoms with Crippen molar-refractivity contribution >= 4 is 17.5 Å². The largest absolute Gasteiger partial charge is 0.354 e. The predicted octanol–water partition coefficient (Wildman–Crippen LogP) is 3.59. The second kappa shape index (κ2) is 7.20. The number of para-hydroxylation sites is 1. The zero-order valence-electron chi connectivity index (χ0n) is 13.2. The van der Waals surface area contributed by atoms with Crippen LogP contribution in [0.1, 0.15) is 12.5 Å². The minimum atomic E-state index is 0.524. The Kier molecular flexibility index (Phi) is 4.63. The Morgan fingerprint density at radius 3 is 2.75 bits per heavy atom. The SMILES string of the molecule is CCNc1nc(Nc2ccccc2C#N)cc(-c2cccnc2)n1. The first-order chi connectivity index (χ1) is 11.8. The zero-order valence-corrected chi connectivity index (χ0v) is 13.2. The van der Waals surface area contributed by atoms with Crippen LogP contribution in [-0.2, 0) is 0 Å². The van der Waals surface area contributed by atoms with Gasteiger partial charge in [-0.05, 0) is 31.2 Å². The first kappa shape index (κ1) is 15.4. The smallest absolute Gasteiger partial charge is 0.225 e. The van der Waals surface area contributed by atoms with Crippen molar-refractivity contribution in [3.05, 3.63) is 60.4 Å². The standard InChI is InChI=1S/C18H16N6/c1-2-21-18-23-16(14-7-5-9-20-12-14)10-17(24-18)22-15-8-4-3-6-13(15)11-19/h3-10,12H,2H2,1H3,(H2,21,22,23,24). The molecule has 0 saturated heterocycles. The van der Waals surface area contributed by atoms with Crippen LogP contribution in [0.4, 0.5) is 17.5 Å². The fourth-order valence-corrected chi connectivity index (χ4v) is 2.24. The Labute approximate surface area is 140 Å². The van der Waals surface area contributed by atoms with Crippen molar-refractivity contribution in [3.63, 3.8) is 0 Å². The van der Waals surface area contributed by atoms with Crippen LogP contribution in [0.25, 0.3) is 11.3 Å². The molecule has 0 aliphatic rings. The van der Waals surface area contributed by atoms with Crippen molar-refractivity contribution in [2.24, 2.45) is 0 Å². The van der Waals surface area contributed by atoms with Gasteiger partial charge in [0, 0.05) is 30.6 Å². The highest BCUT2D eigenvalue weighted by Gasteiger charge is 2.08. The Bertz CT molecular complexity index is 870. The molecule has 2 heterocycles. The summed E-state index contributed by atoms with van der Waals surface area (Å²) in [5.74, 6) is 1.14. The first-order valence-electron chi connectivity index (χ1n) is 7.59. The van der Waals surface area contributed by atoms with Gasteiger partial charge in [-0.15, -0.1) is 0 Å². The normalized spacial score (nSPS) is 10.0. The van der Waals surface area contributed by atoms with Gasteiger partial charge in [0.25, 0.3) is 0 Å². The lowest BCUT2D eigenvalue weighted by molar-refractivity contribution is 1.09. The molecular formula is C18H16N6. The number of nitrogens with zero attached hydrogens (tertiary/aromatic N) is 4. The highest BCUT2D eigenvalue weighted by Crippen LogP contribution is 2.24. The summed E-state index contributed by atoms with van der Waals surface area (Å²) in [4.78, 5) is 13.1. The van der Waals surface area contributed by atoms with E-state index in [1.807, 2.05) is 43.3 Å². The number of pyridine rings is 1. The summed E-state index contributed by atoms with van der Waals surface area (Å²) in [7, 11) is 0. The highest BCUT2D eigenvalue weighted by molar-refractivity contribution is 5.69. The fourth-order valence-electron chi connectivity index (χ4n) is 2.24. The van der Waals surface area contributed by atoms with Gasteiger partial charge in [0.2, 0.25) is 5.95 Å². The van der Waals surface area contributed by atoms with Crippen LogP contribution >= 0.6 is 0 Å². The molecule has 0 unspecified atom stereocenters. The van der Waals surface area contributed by atoms with E-state index < -0.39 is 0 Å². The molecule has 0 atom stereocenters. The minimum Gasteiger partial charge on any atom is -0.354 e. The van der Waals surface area contributed by atoms with E-state index in [0.29, 0.717) is 29.6 Å². The van der Waals surface area contributed by atoms with E-state index >= 15 is 0 Å². The molecule has 0 saturated carbocycles. The van der Waals surface area contributed by atoms with Crippen LogP contribution in [0.3, 0.4) is 0 Å². The monoisotopic (exact) mass is 316 g/mol. The van der Waals surface area contributed by atoms with E-state index in [1.165, 1.54) is 0 Å². The third-order valence-corrected chi connectivity index (χ3v) is 3.33. The molecule has 0 radical (unpaired) electrons. The highest BCUT2D eigenvalue weighted by atomic mass is 15.1. The molecule has 2 aromatic heterocycles. The molecule has 0 aliphatic heterocycles. The lowest BCUT2D eigenvalue weighted by Crippen LogP contribution is -2.05. The van der Waals surface area contributed by atoms with E-state index in [2.05, 4.69) is 31.7 Å². The summed E-state index contributed by atoms with van der Waals surface area (Å²) in [5, 5.41) is 15.5. The molecule has 6 nitrogen and oxygen atoms in total. The molecule has 3 aromatic rings. The first-order valence-corrected chi connectivity index (χ1v) is 7.59. The fraction of sp³-hybridized carbons (Fsp3) is 0.111. The lowest BCUT2D eigenvalue weighted by atomic mass is 10.2. The van der Waals surface area contributed by atoms with Gasteiger partial charge in [0.1, 0.15) is 11.9 Å². The number of nitrogens with one attached hydrogen (secondary N) is 2. The van der Waals surface area contributed by atoms with Gasteiger partial charge in [0.05, 0.1) is 16.9 Å². The zero-order chi connectivity index (χ0) is 16.8. The summed E-state index contributed by atoms with van der Waals surface area (Å²) >= 11 is 0. The van der Waals surface area contributed by atoms with Crippen LogP contribution in [0, 0.1) is 11.3 Å². The molecule has 6 heteroatoms. The van der Waals surface area contributed by atoms with Crippen LogP contribution in [0.5, 0.6) is 0 Å². The number of nitriles is 1. The molecule has 0 aliphatic carbocycles. The van der Waals surface area contributed by atoms with Crippen molar-refractivity contribution in [1.29, 1.82) is 5.26 Å². The lowest BCUT2D eigenvalue weighted by Gasteiger charge is -2.11. The van der Waals surface area contributed by atoms with E-state index in [9.17, 15) is 5.26 Å². The quantitative estimate of drug-likeness (QED) is 0.748. The Morgan fingerprint density at radius 1 is 1.12 bits per heavy atom. The molecular weight excluding hydrogens is 300 g/mol. The maximum Gasteiger partial charge on any atom is 0.225 e. The molecule has 2 N–H and O–H groups in total. The molecule has 0 spiro atoms. The molecule has 0 amide bonds. The minimum absolute atomic E-state index is 0.524. The second-order valence-electron chi connectivity index (χ2n) is 5.02. The summed E-state index contributed by atoms with van der Waals surface area (Å²) < 4.78 is 0. The topological polar surface area (TPSA) is 86.5 Å². The molecule has 0 fully saturated rings. The van der Waals surface area contributed by atoms with Crippen molar-refractivity contribution < 1.29 is 0 Å². The van der Waals surface area contributed by atoms with E-state index in [1.54, 1.807) is 18.5 Å². The van der Waals surface area contributed by atoms with Gasteiger partial charge in [-0.1, -0.05) is 12.1 Å². The van der Waals surface area contributed by atoms with Gasteiger partial charge < -0.3 is 10.6 Å². The number of hydrogen-bond acceptors (Lipinski definition) is 6. The second-order valence-corrected chi connectivity index (χ2v) is 5.02. The Hall–Kier alpha value is -3.46. The Morgan fingerprint density at radius 2 is 2.00 bits per heavy atom. The van der Waals surface area contributed by atoms with Gasteiger partial charge in [-0.2, -0.15) is 10.2 Å². The van der Waals surface area contributed by atoms with E-state index in [4.69, 9.17) is 0 Å². The number of anilines is 3. The third-order valence-electron chi connectivity index (χ3n) is 3.33. The molecule has 3 rings (SSSR count). The van der Waals surface area contributed by atoms with E-state index in [0.717, 1.165) is 11.3 Å². The number of rotatable bonds is 5. The average molecular weight is 316 g/mol. The van der Waals surface area contributed by atoms with Crippen molar-refractivity contribution in [1.82, 2.24) is 15.0 Å². The number of benzene rings is 1. The number of hydrogen-bond donors (Lipinski definition) is 2. The summed E-state index contributed by atoms with van der Waals surface area (Å²) in [6.07, 6.45) is 3.48. The van der Waals surface area contributed by atoms with Gasteiger partial charge in [0.15, 0.2) is 0 Å². The van der Waals surface area contributed by atoms with Gasteiger partial charge in [-0.3, -0.25) is 4.98 Å². The summed E-state index contributed by atoms with van der Waals surface area (Å²) in [5.41, 5.74) is 2.92. The van der Waals surface area contributed by atoms with E-state index in [-0.39, 0.29) is 0 Å². The maximum atomic E-state index is 9.22. The van der Waals surface area contributed by atoms with Gasteiger partial charge in [-0.25, -0.2) is 4.98 Å². The molecule has 24 heavy (non-hydrogen) atoms. The molecule has 1 aromatic carbocycles. The van der Waals surface area contributed by atoms with Crippen molar-refractivity contribution in [2.45, 2.75) is 6.92 Å². The van der Waals surface area contributed by atoms with Crippen LogP contribution < -0.4 is 10.6 Å². The third kappa shape index (κ3) is 3.47. The predicted molar refractivity (Wildman–Crippen MR) is 93.9 cm³/mol. The van der Waals surface area contributed by atoms with Crippen LogP contribution in [0.15, 0.2) is 54.9 Å². The van der Waals surface area contributed by atoms with Crippen LogP contribution in [-0.4, -0.2) is 21.5 Å². The molecule has 118 valence electrons. The number of aromatic nitrogens is 3. The summed E-state index contributed by atoms with van der Waals surface area (Å²) in [6.45, 7) is 2.70.